The summed E-state index contributed by atoms with van der Waals surface area (Å²) in [6, 6.07) is 0.607. The Kier molecular flexibility index (Phi) is 2.33. The standard InChI is InChI=1S/C9H16FNO/c1-12-9-4-8(5-9)11-3-2-7(10)6-11/h7-9H,2-6H2,1H3/t7-,8?,9?/m0/s1. The Bertz CT molecular complexity index is 159. The van der Waals surface area contributed by atoms with E-state index in [0.29, 0.717) is 18.7 Å². The number of nitrogens with zero attached hydrogens (tertiary/aromatic N) is 1. The normalized spacial score (nSPS) is 43.0. The molecule has 1 atom stereocenters. The molecule has 1 aliphatic carbocycles. The van der Waals surface area contributed by atoms with Crippen molar-refractivity contribution in [2.24, 2.45) is 0 Å². The fourth-order valence-electron chi connectivity index (χ4n) is 2.10. The highest BCUT2D eigenvalue weighted by Crippen LogP contribution is 2.30. The maximum atomic E-state index is 12.8. The van der Waals surface area contributed by atoms with Gasteiger partial charge in [-0.05, 0) is 19.3 Å². The number of hydrogen-bond acceptors (Lipinski definition) is 2. The van der Waals surface area contributed by atoms with Crippen LogP contribution in [0.15, 0.2) is 0 Å². The number of hydrogen-bond donors (Lipinski definition) is 0. The van der Waals surface area contributed by atoms with Crippen LogP contribution in [0.1, 0.15) is 19.3 Å². The van der Waals surface area contributed by atoms with Gasteiger partial charge in [0.25, 0.3) is 0 Å². The second-order valence-corrected chi connectivity index (χ2v) is 3.86. The van der Waals surface area contributed by atoms with Crippen molar-refractivity contribution >= 4 is 0 Å². The van der Waals surface area contributed by atoms with Crippen LogP contribution in [-0.4, -0.2) is 43.4 Å². The van der Waals surface area contributed by atoms with Crippen molar-refractivity contribution in [1.82, 2.24) is 4.90 Å². The van der Waals surface area contributed by atoms with E-state index < -0.39 is 6.17 Å². The highest BCUT2D eigenvalue weighted by molar-refractivity contribution is 4.91. The van der Waals surface area contributed by atoms with Gasteiger partial charge in [0.2, 0.25) is 0 Å². The highest BCUT2D eigenvalue weighted by Gasteiger charge is 2.36. The molecule has 2 nitrogen and oxygen atoms in total. The van der Waals surface area contributed by atoms with Gasteiger partial charge in [0, 0.05) is 26.2 Å². The number of alkyl halides is 1. The molecular weight excluding hydrogens is 157 g/mol. The molecule has 1 saturated carbocycles. The van der Waals surface area contributed by atoms with Gasteiger partial charge in [-0.25, -0.2) is 4.39 Å². The molecule has 0 radical (unpaired) electrons. The van der Waals surface area contributed by atoms with Gasteiger partial charge in [0.1, 0.15) is 6.17 Å². The second kappa shape index (κ2) is 3.30. The van der Waals surface area contributed by atoms with Crippen LogP contribution in [0.25, 0.3) is 0 Å². The maximum absolute atomic E-state index is 12.8. The van der Waals surface area contributed by atoms with Crippen molar-refractivity contribution < 1.29 is 9.13 Å². The van der Waals surface area contributed by atoms with E-state index in [9.17, 15) is 4.39 Å². The molecule has 0 N–H and O–H groups in total. The molecule has 1 heterocycles. The minimum Gasteiger partial charge on any atom is -0.381 e. The predicted octanol–water partition coefficient (Wildman–Crippen LogP) is 1.21. The second-order valence-electron chi connectivity index (χ2n) is 3.86. The fourth-order valence-corrected chi connectivity index (χ4v) is 2.10. The minimum absolute atomic E-state index is 0.439. The van der Waals surface area contributed by atoms with Crippen molar-refractivity contribution in [3.63, 3.8) is 0 Å². The molecule has 2 aliphatic rings. The molecule has 0 amide bonds. The number of rotatable bonds is 2. The van der Waals surface area contributed by atoms with Crippen LogP contribution in [-0.2, 0) is 4.74 Å². The van der Waals surface area contributed by atoms with E-state index in [-0.39, 0.29) is 0 Å². The van der Waals surface area contributed by atoms with Gasteiger partial charge in [-0.3, -0.25) is 4.90 Å². The number of likely N-dealkylation sites (tertiary alicyclic amines) is 1. The van der Waals surface area contributed by atoms with Gasteiger partial charge >= 0.3 is 0 Å². The lowest BCUT2D eigenvalue weighted by atomic mass is 9.88. The zero-order valence-corrected chi connectivity index (χ0v) is 7.50. The Morgan fingerprint density at radius 3 is 2.67 bits per heavy atom. The lowest BCUT2D eigenvalue weighted by Crippen LogP contribution is -2.46. The first-order chi connectivity index (χ1) is 5.79. The molecule has 0 bridgehead atoms. The Morgan fingerprint density at radius 2 is 2.17 bits per heavy atom. The molecule has 2 fully saturated rings. The first-order valence-electron chi connectivity index (χ1n) is 4.70. The highest BCUT2D eigenvalue weighted by atomic mass is 19.1. The molecule has 0 unspecified atom stereocenters. The topological polar surface area (TPSA) is 12.5 Å². The largest absolute Gasteiger partial charge is 0.381 e. The van der Waals surface area contributed by atoms with E-state index in [0.717, 1.165) is 25.8 Å². The first-order valence-corrected chi connectivity index (χ1v) is 4.70. The van der Waals surface area contributed by atoms with Gasteiger partial charge in [-0.2, -0.15) is 0 Å². The van der Waals surface area contributed by atoms with E-state index >= 15 is 0 Å². The van der Waals surface area contributed by atoms with E-state index in [1.165, 1.54) is 0 Å². The summed E-state index contributed by atoms with van der Waals surface area (Å²) in [4.78, 5) is 2.26. The Morgan fingerprint density at radius 1 is 1.42 bits per heavy atom. The predicted molar refractivity (Wildman–Crippen MR) is 44.9 cm³/mol. The van der Waals surface area contributed by atoms with Crippen LogP contribution in [0.5, 0.6) is 0 Å². The molecule has 3 heteroatoms. The maximum Gasteiger partial charge on any atom is 0.114 e. The van der Waals surface area contributed by atoms with E-state index in [4.69, 9.17) is 4.74 Å². The zero-order valence-electron chi connectivity index (χ0n) is 7.50. The summed E-state index contributed by atoms with van der Waals surface area (Å²) in [6.07, 6.45) is 2.79. The third kappa shape index (κ3) is 1.48. The number of halogens is 1. The third-order valence-corrected chi connectivity index (χ3v) is 3.08. The Hall–Kier alpha value is -0.150. The summed E-state index contributed by atoms with van der Waals surface area (Å²) in [5.74, 6) is 0. The van der Waals surface area contributed by atoms with Gasteiger partial charge in [0.05, 0.1) is 6.10 Å². The average molecular weight is 173 g/mol. The monoisotopic (exact) mass is 173 g/mol. The van der Waals surface area contributed by atoms with Gasteiger partial charge < -0.3 is 4.74 Å². The molecule has 70 valence electrons. The Balaban J connectivity index is 1.74. The van der Waals surface area contributed by atoms with Gasteiger partial charge in [0.15, 0.2) is 0 Å². The number of ether oxygens (including phenoxy) is 1. The molecule has 1 aliphatic heterocycles. The molecule has 2 rings (SSSR count). The molecule has 12 heavy (non-hydrogen) atoms. The molecule has 0 aromatic carbocycles. The third-order valence-electron chi connectivity index (χ3n) is 3.08. The van der Waals surface area contributed by atoms with Gasteiger partial charge in [-0.1, -0.05) is 0 Å². The lowest BCUT2D eigenvalue weighted by Gasteiger charge is -2.40. The van der Waals surface area contributed by atoms with Crippen molar-refractivity contribution in [3.8, 4) is 0 Å². The quantitative estimate of drug-likeness (QED) is 0.622. The van der Waals surface area contributed by atoms with Crippen LogP contribution in [0.2, 0.25) is 0 Å². The summed E-state index contributed by atoms with van der Waals surface area (Å²) >= 11 is 0. The van der Waals surface area contributed by atoms with Crippen molar-refractivity contribution in [2.75, 3.05) is 20.2 Å². The lowest BCUT2D eigenvalue weighted by molar-refractivity contribution is -0.0215. The molecule has 0 aromatic heterocycles. The SMILES string of the molecule is COC1CC(N2CC[C@H](F)C2)C1. The smallest absolute Gasteiger partial charge is 0.114 e. The van der Waals surface area contributed by atoms with E-state index in [2.05, 4.69) is 4.90 Å². The summed E-state index contributed by atoms with van der Waals surface area (Å²) in [5.41, 5.74) is 0. The van der Waals surface area contributed by atoms with Gasteiger partial charge in [-0.15, -0.1) is 0 Å². The number of methoxy groups -OCH3 is 1. The molecule has 1 saturated heterocycles. The van der Waals surface area contributed by atoms with Crippen LogP contribution in [0, 0.1) is 0 Å². The zero-order chi connectivity index (χ0) is 8.55. The molecular formula is C9H16FNO. The summed E-state index contributed by atoms with van der Waals surface area (Å²) in [5, 5.41) is 0. The summed E-state index contributed by atoms with van der Waals surface area (Å²) in [7, 11) is 1.75. The van der Waals surface area contributed by atoms with Crippen molar-refractivity contribution in [3.05, 3.63) is 0 Å². The molecule has 0 aromatic rings. The minimum atomic E-state index is -0.577. The average Bonchev–Trinajstić information content (AvgIpc) is 2.34. The first kappa shape index (κ1) is 8.45. The summed E-state index contributed by atoms with van der Waals surface area (Å²) in [6.45, 7) is 1.60. The van der Waals surface area contributed by atoms with Crippen LogP contribution >= 0.6 is 0 Å². The van der Waals surface area contributed by atoms with E-state index in [1.54, 1.807) is 7.11 Å². The summed E-state index contributed by atoms with van der Waals surface area (Å²) < 4.78 is 18.0. The van der Waals surface area contributed by atoms with Crippen LogP contribution in [0.3, 0.4) is 0 Å². The van der Waals surface area contributed by atoms with Crippen molar-refractivity contribution in [2.45, 2.75) is 37.6 Å². The molecule has 0 spiro atoms. The fraction of sp³-hybridized carbons (Fsp3) is 1.00. The van der Waals surface area contributed by atoms with Crippen LogP contribution in [0.4, 0.5) is 4.39 Å². The van der Waals surface area contributed by atoms with Crippen LogP contribution < -0.4 is 0 Å². The van der Waals surface area contributed by atoms with Crippen molar-refractivity contribution in [1.29, 1.82) is 0 Å². The Labute approximate surface area is 72.7 Å². The van der Waals surface area contributed by atoms with E-state index in [1.807, 2.05) is 0 Å².